The van der Waals surface area contributed by atoms with E-state index in [4.69, 9.17) is 10.6 Å². The molecule has 0 fully saturated rings. The maximum absolute atomic E-state index is 14.2. The standard InChI is InChI=1S/C14H12Br2F2N2O/c1-21-11-5-2-7(6-9(11)16)14(20-19)12-10(17)4-3-8(15)13(12)18/h2-6,14,20H,19H2,1H3. The second-order valence-electron chi connectivity index (χ2n) is 4.25. The van der Waals surface area contributed by atoms with E-state index in [-0.39, 0.29) is 10.0 Å². The quantitative estimate of drug-likeness (QED) is 0.444. The molecule has 0 saturated heterocycles. The van der Waals surface area contributed by atoms with Gasteiger partial charge in [0, 0.05) is 5.56 Å². The highest BCUT2D eigenvalue weighted by molar-refractivity contribution is 9.10. The van der Waals surface area contributed by atoms with Gasteiger partial charge in [0.05, 0.1) is 22.1 Å². The van der Waals surface area contributed by atoms with E-state index in [1.807, 2.05) is 0 Å². The zero-order valence-electron chi connectivity index (χ0n) is 11.0. The second-order valence-corrected chi connectivity index (χ2v) is 5.96. The summed E-state index contributed by atoms with van der Waals surface area (Å²) in [5.41, 5.74) is 2.89. The van der Waals surface area contributed by atoms with Crippen molar-refractivity contribution in [3.05, 3.63) is 62.0 Å². The molecule has 0 aliphatic carbocycles. The topological polar surface area (TPSA) is 47.3 Å². The minimum absolute atomic E-state index is 0.149. The van der Waals surface area contributed by atoms with Gasteiger partial charge in [0.25, 0.3) is 0 Å². The molecule has 2 aromatic carbocycles. The summed E-state index contributed by atoms with van der Waals surface area (Å²) in [5, 5.41) is 0. The van der Waals surface area contributed by atoms with Crippen LogP contribution < -0.4 is 16.0 Å². The first-order valence-corrected chi connectivity index (χ1v) is 7.51. The van der Waals surface area contributed by atoms with Crippen molar-refractivity contribution in [2.24, 2.45) is 5.84 Å². The fraction of sp³-hybridized carbons (Fsp3) is 0.143. The molecule has 0 heterocycles. The highest BCUT2D eigenvalue weighted by Crippen LogP contribution is 2.33. The van der Waals surface area contributed by atoms with Crippen LogP contribution in [0.15, 0.2) is 39.3 Å². The molecular formula is C14H12Br2F2N2O. The van der Waals surface area contributed by atoms with E-state index >= 15 is 0 Å². The average Bonchev–Trinajstić information content (AvgIpc) is 2.47. The summed E-state index contributed by atoms with van der Waals surface area (Å²) in [5.74, 6) is 4.75. The van der Waals surface area contributed by atoms with Crippen molar-refractivity contribution in [2.45, 2.75) is 6.04 Å². The van der Waals surface area contributed by atoms with Gasteiger partial charge in [0.1, 0.15) is 17.4 Å². The Morgan fingerprint density at radius 1 is 1.14 bits per heavy atom. The van der Waals surface area contributed by atoms with E-state index in [1.54, 1.807) is 18.2 Å². The van der Waals surface area contributed by atoms with Crippen molar-refractivity contribution in [1.82, 2.24) is 5.43 Å². The number of hydrogen-bond acceptors (Lipinski definition) is 3. The van der Waals surface area contributed by atoms with E-state index in [0.717, 1.165) is 0 Å². The molecule has 0 aliphatic heterocycles. The van der Waals surface area contributed by atoms with Crippen LogP contribution in [0.1, 0.15) is 17.2 Å². The lowest BCUT2D eigenvalue weighted by Gasteiger charge is -2.19. The maximum atomic E-state index is 14.2. The fourth-order valence-corrected chi connectivity index (χ4v) is 2.92. The Hall–Kier alpha value is -1.02. The molecule has 0 saturated carbocycles. The lowest BCUT2D eigenvalue weighted by Crippen LogP contribution is -2.30. The lowest BCUT2D eigenvalue weighted by molar-refractivity contribution is 0.411. The normalized spacial score (nSPS) is 12.3. The van der Waals surface area contributed by atoms with Gasteiger partial charge < -0.3 is 4.74 Å². The minimum Gasteiger partial charge on any atom is -0.496 e. The number of rotatable bonds is 4. The number of hydrazine groups is 1. The molecule has 112 valence electrons. The molecule has 0 amide bonds. The van der Waals surface area contributed by atoms with Crippen molar-refractivity contribution >= 4 is 31.9 Å². The molecule has 0 aromatic heterocycles. The van der Waals surface area contributed by atoms with Gasteiger partial charge in [-0.3, -0.25) is 5.84 Å². The number of benzene rings is 2. The monoisotopic (exact) mass is 420 g/mol. The molecule has 2 rings (SSSR count). The van der Waals surface area contributed by atoms with Crippen LogP contribution in [0.25, 0.3) is 0 Å². The van der Waals surface area contributed by atoms with Crippen LogP contribution in [-0.4, -0.2) is 7.11 Å². The third kappa shape index (κ3) is 3.26. The maximum Gasteiger partial charge on any atom is 0.145 e. The molecule has 0 spiro atoms. The van der Waals surface area contributed by atoms with E-state index in [2.05, 4.69) is 37.3 Å². The Kier molecular flexibility index (Phi) is 5.32. The van der Waals surface area contributed by atoms with Crippen LogP contribution in [0.4, 0.5) is 8.78 Å². The molecule has 3 nitrogen and oxygen atoms in total. The fourth-order valence-electron chi connectivity index (χ4n) is 2.02. The van der Waals surface area contributed by atoms with Crippen molar-refractivity contribution in [3.8, 4) is 5.75 Å². The summed E-state index contributed by atoms with van der Waals surface area (Å²) in [4.78, 5) is 0. The van der Waals surface area contributed by atoms with Crippen LogP contribution in [0.5, 0.6) is 5.75 Å². The number of ether oxygens (including phenoxy) is 1. The molecule has 3 N–H and O–H groups in total. The molecule has 0 bridgehead atoms. The molecule has 7 heteroatoms. The molecule has 2 aromatic rings. The lowest BCUT2D eigenvalue weighted by atomic mass is 9.98. The second kappa shape index (κ2) is 6.83. The first-order chi connectivity index (χ1) is 9.99. The van der Waals surface area contributed by atoms with Crippen LogP contribution in [-0.2, 0) is 0 Å². The summed E-state index contributed by atoms with van der Waals surface area (Å²) in [6.45, 7) is 0. The molecule has 0 radical (unpaired) electrons. The number of halogens is 4. The first kappa shape index (κ1) is 16.4. The predicted molar refractivity (Wildman–Crippen MR) is 83.9 cm³/mol. The third-order valence-electron chi connectivity index (χ3n) is 3.04. The average molecular weight is 422 g/mol. The Balaban J connectivity index is 2.55. The zero-order chi connectivity index (χ0) is 15.6. The van der Waals surface area contributed by atoms with Crippen LogP contribution >= 0.6 is 31.9 Å². The summed E-state index contributed by atoms with van der Waals surface area (Å²) >= 11 is 6.39. The van der Waals surface area contributed by atoms with E-state index in [0.29, 0.717) is 15.8 Å². The molecule has 21 heavy (non-hydrogen) atoms. The van der Waals surface area contributed by atoms with Gasteiger partial charge in [-0.05, 0) is 61.7 Å². The number of nitrogens with two attached hydrogens (primary N) is 1. The zero-order valence-corrected chi connectivity index (χ0v) is 14.1. The third-order valence-corrected chi connectivity index (χ3v) is 4.28. The number of methoxy groups -OCH3 is 1. The van der Waals surface area contributed by atoms with Crippen molar-refractivity contribution in [2.75, 3.05) is 7.11 Å². The summed E-state index contributed by atoms with van der Waals surface area (Å²) in [7, 11) is 1.53. The van der Waals surface area contributed by atoms with Crippen LogP contribution in [0.3, 0.4) is 0 Å². The van der Waals surface area contributed by atoms with E-state index in [1.165, 1.54) is 19.2 Å². The number of hydrogen-bond donors (Lipinski definition) is 2. The summed E-state index contributed by atoms with van der Waals surface area (Å²) in [6, 6.07) is 6.75. The van der Waals surface area contributed by atoms with Gasteiger partial charge in [-0.25, -0.2) is 14.2 Å². The number of nitrogens with one attached hydrogen (secondary N) is 1. The van der Waals surface area contributed by atoms with Gasteiger partial charge in [0.2, 0.25) is 0 Å². The predicted octanol–water partition coefficient (Wildman–Crippen LogP) is 4.05. The van der Waals surface area contributed by atoms with Gasteiger partial charge in [-0.2, -0.15) is 0 Å². The highest BCUT2D eigenvalue weighted by Gasteiger charge is 2.23. The van der Waals surface area contributed by atoms with Crippen molar-refractivity contribution in [1.29, 1.82) is 0 Å². The van der Waals surface area contributed by atoms with E-state index < -0.39 is 17.7 Å². The Morgan fingerprint density at radius 2 is 1.86 bits per heavy atom. The molecule has 1 unspecified atom stereocenters. The van der Waals surface area contributed by atoms with Gasteiger partial charge in [-0.1, -0.05) is 6.07 Å². The van der Waals surface area contributed by atoms with Crippen molar-refractivity contribution in [3.63, 3.8) is 0 Å². The van der Waals surface area contributed by atoms with Gasteiger partial charge in [0.15, 0.2) is 0 Å². The van der Waals surface area contributed by atoms with E-state index in [9.17, 15) is 8.78 Å². The smallest absolute Gasteiger partial charge is 0.145 e. The summed E-state index contributed by atoms with van der Waals surface area (Å²) in [6.07, 6.45) is 0. The van der Waals surface area contributed by atoms with Gasteiger partial charge in [-0.15, -0.1) is 0 Å². The molecule has 1 atom stereocenters. The van der Waals surface area contributed by atoms with Crippen LogP contribution in [0, 0.1) is 11.6 Å². The Labute approximate surface area is 137 Å². The Bertz CT molecular complexity index is 668. The van der Waals surface area contributed by atoms with Crippen LogP contribution in [0.2, 0.25) is 0 Å². The highest BCUT2D eigenvalue weighted by atomic mass is 79.9. The van der Waals surface area contributed by atoms with Gasteiger partial charge >= 0.3 is 0 Å². The SMILES string of the molecule is COc1ccc(C(NN)c2c(F)ccc(Br)c2F)cc1Br. The molecular weight excluding hydrogens is 410 g/mol. The largest absolute Gasteiger partial charge is 0.496 e. The Morgan fingerprint density at radius 3 is 2.43 bits per heavy atom. The first-order valence-electron chi connectivity index (χ1n) is 5.92. The minimum atomic E-state index is -0.829. The molecule has 0 aliphatic rings. The van der Waals surface area contributed by atoms with Crippen molar-refractivity contribution < 1.29 is 13.5 Å². The summed E-state index contributed by atoms with van der Waals surface area (Å²) < 4.78 is 34.2.